The first kappa shape index (κ1) is 14.9. The third kappa shape index (κ3) is 2.82. The van der Waals surface area contributed by atoms with Crippen LogP contribution in [-0.2, 0) is 11.3 Å². The van der Waals surface area contributed by atoms with Gasteiger partial charge in [-0.1, -0.05) is 20.8 Å². The molecule has 112 valence electrons. The maximum Gasteiger partial charge on any atom is 0.344 e. The van der Waals surface area contributed by atoms with Gasteiger partial charge in [-0.3, -0.25) is 5.43 Å². The number of ether oxygens (including phenoxy) is 1. The van der Waals surface area contributed by atoms with Crippen LogP contribution < -0.4 is 5.43 Å². The summed E-state index contributed by atoms with van der Waals surface area (Å²) in [6.45, 7) is 8.42. The van der Waals surface area contributed by atoms with Crippen LogP contribution >= 0.6 is 0 Å². The first-order valence-corrected chi connectivity index (χ1v) is 6.54. The van der Waals surface area contributed by atoms with Crippen LogP contribution in [0.2, 0.25) is 0 Å². The minimum atomic E-state index is -0.594. The number of nitrogens with zero attached hydrogens (tertiary/aromatic N) is 6. The van der Waals surface area contributed by atoms with E-state index in [9.17, 15) is 4.79 Å². The maximum atomic E-state index is 12.0. The van der Waals surface area contributed by atoms with E-state index in [4.69, 9.17) is 10.3 Å². The van der Waals surface area contributed by atoms with Gasteiger partial charge in [0.05, 0.1) is 18.9 Å². The lowest BCUT2D eigenvalue weighted by Crippen LogP contribution is -2.30. The summed E-state index contributed by atoms with van der Waals surface area (Å²) in [5.74, 6) is -0.226. The smallest absolute Gasteiger partial charge is 0.344 e. The molecule has 9 heteroatoms. The first-order valence-electron chi connectivity index (χ1n) is 6.54. The van der Waals surface area contributed by atoms with Crippen molar-refractivity contribution in [3.63, 3.8) is 0 Å². The minimum absolute atomic E-state index is 0.0104. The van der Waals surface area contributed by atoms with Crippen LogP contribution in [0.5, 0.6) is 0 Å². The molecule has 0 fully saturated rings. The molecule has 0 saturated carbocycles. The van der Waals surface area contributed by atoms with E-state index in [1.165, 1.54) is 0 Å². The lowest BCUT2D eigenvalue weighted by atomic mass is 9.90. The molecule has 0 radical (unpaired) electrons. The highest BCUT2D eigenvalue weighted by Gasteiger charge is 2.30. The Balaban J connectivity index is 2.46. The second kappa shape index (κ2) is 5.45. The zero-order valence-corrected chi connectivity index (χ0v) is 12.4. The van der Waals surface area contributed by atoms with Crippen molar-refractivity contribution in [3.8, 4) is 0 Å². The molecule has 0 amide bonds. The number of carbonyl (C=O) groups excluding carboxylic acids is 1. The monoisotopic (exact) mass is 291 g/mol. The van der Waals surface area contributed by atoms with Crippen LogP contribution in [0, 0.1) is 5.41 Å². The molecular formula is C12H17N7O2. The summed E-state index contributed by atoms with van der Waals surface area (Å²) in [6.07, 6.45) is 0. The molecule has 21 heavy (non-hydrogen) atoms. The van der Waals surface area contributed by atoms with Crippen LogP contribution in [-0.4, -0.2) is 28.1 Å². The molecule has 0 unspecified atom stereocenters. The van der Waals surface area contributed by atoms with Gasteiger partial charge in [0.2, 0.25) is 0 Å². The maximum absolute atomic E-state index is 12.0. The lowest BCUT2D eigenvalue weighted by Gasteiger charge is -2.25. The topological polar surface area (TPSA) is 117 Å². The molecule has 2 rings (SSSR count). The van der Waals surface area contributed by atoms with Crippen molar-refractivity contribution in [3.05, 3.63) is 16.0 Å². The number of hydrogen-bond donors (Lipinski definition) is 1. The number of esters is 1. The van der Waals surface area contributed by atoms with E-state index in [-0.39, 0.29) is 23.4 Å². The highest BCUT2D eigenvalue weighted by Crippen LogP contribution is 2.31. The quantitative estimate of drug-likeness (QED) is 0.398. The number of fused-ring (bicyclic) bond motifs is 1. The van der Waals surface area contributed by atoms with Crippen molar-refractivity contribution in [2.24, 2.45) is 15.6 Å². The van der Waals surface area contributed by atoms with E-state index in [1.807, 2.05) is 20.8 Å². The molecule has 9 nitrogen and oxygen atoms in total. The molecule has 0 aliphatic carbocycles. The highest BCUT2D eigenvalue weighted by atomic mass is 16.5. The SMILES string of the molecule is CCOC(=O)c1c(N=[N+]=[N-])nn2c1NN=C(C(C)(C)C)C2. The molecule has 0 saturated heterocycles. The largest absolute Gasteiger partial charge is 0.462 e. The Hall–Kier alpha value is -2.54. The van der Waals surface area contributed by atoms with Gasteiger partial charge < -0.3 is 4.74 Å². The van der Waals surface area contributed by atoms with Crippen molar-refractivity contribution >= 4 is 23.3 Å². The van der Waals surface area contributed by atoms with E-state index in [0.717, 1.165) is 5.71 Å². The standard InChI is InChI=1S/C12H17N7O2/c1-5-21-11(20)8-9(15-18-13)17-19-6-7(12(2,3)4)14-16-10(8)19/h16H,5-6H2,1-4H3. The number of carbonyl (C=O) groups is 1. The van der Waals surface area contributed by atoms with Gasteiger partial charge in [0.15, 0.2) is 11.6 Å². The molecule has 1 aromatic heterocycles. The van der Waals surface area contributed by atoms with Crippen molar-refractivity contribution in [1.82, 2.24) is 9.78 Å². The van der Waals surface area contributed by atoms with Crippen molar-refractivity contribution < 1.29 is 9.53 Å². The summed E-state index contributed by atoms with van der Waals surface area (Å²) >= 11 is 0. The number of rotatable bonds is 3. The van der Waals surface area contributed by atoms with E-state index in [2.05, 4.69) is 25.7 Å². The second-order valence-corrected chi connectivity index (χ2v) is 5.54. The van der Waals surface area contributed by atoms with Gasteiger partial charge in [-0.2, -0.15) is 10.2 Å². The number of nitrogens with one attached hydrogen (secondary N) is 1. The number of hydrazone groups is 1. The van der Waals surface area contributed by atoms with E-state index in [1.54, 1.807) is 11.6 Å². The zero-order chi connectivity index (χ0) is 15.6. The number of hydrogen-bond acceptors (Lipinski definition) is 6. The van der Waals surface area contributed by atoms with Crippen molar-refractivity contribution in [2.45, 2.75) is 34.2 Å². The van der Waals surface area contributed by atoms with Crippen LogP contribution in [0.3, 0.4) is 0 Å². The summed E-state index contributed by atoms with van der Waals surface area (Å²) in [4.78, 5) is 14.7. The van der Waals surface area contributed by atoms with Crippen LogP contribution in [0.4, 0.5) is 11.6 Å². The fourth-order valence-electron chi connectivity index (χ4n) is 1.88. The number of anilines is 1. The third-order valence-electron chi connectivity index (χ3n) is 3.01. The average molecular weight is 291 g/mol. The first-order chi connectivity index (χ1) is 9.88. The molecule has 1 aromatic rings. The van der Waals surface area contributed by atoms with Gasteiger partial charge in [0.1, 0.15) is 5.56 Å². The van der Waals surface area contributed by atoms with Gasteiger partial charge in [0.25, 0.3) is 0 Å². The van der Waals surface area contributed by atoms with E-state index < -0.39 is 5.97 Å². The summed E-state index contributed by atoms with van der Waals surface area (Å²) in [5.41, 5.74) is 12.3. The Morgan fingerprint density at radius 2 is 2.29 bits per heavy atom. The molecular weight excluding hydrogens is 274 g/mol. The van der Waals surface area contributed by atoms with Gasteiger partial charge >= 0.3 is 5.97 Å². The Morgan fingerprint density at radius 3 is 2.86 bits per heavy atom. The number of azide groups is 1. The van der Waals surface area contributed by atoms with Crippen LogP contribution in [0.25, 0.3) is 10.4 Å². The van der Waals surface area contributed by atoms with E-state index >= 15 is 0 Å². The Labute approximate surface area is 121 Å². The Kier molecular flexibility index (Phi) is 3.86. The van der Waals surface area contributed by atoms with Gasteiger partial charge in [0, 0.05) is 10.3 Å². The summed E-state index contributed by atoms with van der Waals surface area (Å²) in [7, 11) is 0. The Morgan fingerprint density at radius 1 is 1.57 bits per heavy atom. The minimum Gasteiger partial charge on any atom is -0.462 e. The van der Waals surface area contributed by atoms with Gasteiger partial charge in [-0.15, -0.1) is 0 Å². The zero-order valence-electron chi connectivity index (χ0n) is 12.4. The predicted molar refractivity (Wildman–Crippen MR) is 77.5 cm³/mol. The molecule has 0 atom stereocenters. The molecule has 1 N–H and O–H groups in total. The molecule has 1 aliphatic heterocycles. The van der Waals surface area contributed by atoms with Crippen molar-refractivity contribution in [2.75, 3.05) is 12.0 Å². The summed E-state index contributed by atoms with van der Waals surface area (Å²) in [6, 6.07) is 0. The van der Waals surface area contributed by atoms with Gasteiger partial charge in [-0.25, -0.2) is 9.48 Å². The van der Waals surface area contributed by atoms with Crippen LogP contribution in [0.1, 0.15) is 38.1 Å². The molecule has 1 aliphatic rings. The second-order valence-electron chi connectivity index (χ2n) is 5.54. The normalized spacial score (nSPS) is 13.6. The highest BCUT2D eigenvalue weighted by molar-refractivity contribution is 6.01. The molecule has 0 bridgehead atoms. The van der Waals surface area contributed by atoms with E-state index in [0.29, 0.717) is 12.4 Å². The summed E-state index contributed by atoms with van der Waals surface area (Å²) < 4.78 is 6.53. The molecule has 0 spiro atoms. The lowest BCUT2D eigenvalue weighted by molar-refractivity contribution is 0.0528. The average Bonchev–Trinajstić information content (AvgIpc) is 2.75. The molecule has 0 aromatic carbocycles. The van der Waals surface area contributed by atoms with Crippen LogP contribution in [0.15, 0.2) is 10.2 Å². The summed E-state index contributed by atoms with van der Waals surface area (Å²) in [5, 5.41) is 11.9. The predicted octanol–water partition coefficient (Wildman–Crippen LogP) is 2.83. The third-order valence-corrected chi connectivity index (χ3v) is 3.01. The van der Waals surface area contributed by atoms with Gasteiger partial charge in [-0.05, 0) is 17.6 Å². The molecule has 2 heterocycles. The van der Waals surface area contributed by atoms with Crippen molar-refractivity contribution in [1.29, 1.82) is 0 Å². The fraction of sp³-hybridized carbons (Fsp3) is 0.583. The fourth-order valence-corrected chi connectivity index (χ4v) is 1.88. The Bertz CT molecular complexity index is 647. The number of aromatic nitrogens is 2.